The zero-order valence-corrected chi connectivity index (χ0v) is 17.4. The maximum absolute atomic E-state index is 13.1. The van der Waals surface area contributed by atoms with E-state index in [4.69, 9.17) is 23.2 Å². The van der Waals surface area contributed by atoms with E-state index in [1.165, 1.54) is 17.0 Å². The molecule has 7 heteroatoms. The maximum Gasteiger partial charge on any atom is 0.300 e. The number of ketones is 1. The predicted octanol–water partition coefficient (Wildman–Crippen LogP) is 5.32. The number of anilines is 1. The van der Waals surface area contributed by atoms with Gasteiger partial charge in [0.05, 0.1) is 21.7 Å². The number of amides is 1. The average Bonchev–Trinajstić information content (AvgIpc) is 3.01. The molecule has 1 fully saturated rings. The summed E-state index contributed by atoms with van der Waals surface area (Å²) in [6.45, 7) is 1.86. The molecule has 2 heterocycles. The van der Waals surface area contributed by atoms with Gasteiger partial charge in [-0.15, -0.1) is 0 Å². The molecular weight excluding hydrogens is 423 g/mol. The summed E-state index contributed by atoms with van der Waals surface area (Å²) in [5.41, 5.74) is 2.34. The molecule has 1 atom stereocenters. The molecule has 0 saturated carbocycles. The molecule has 1 unspecified atom stereocenters. The Morgan fingerprint density at radius 2 is 1.70 bits per heavy atom. The van der Waals surface area contributed by atoms with Crippen LogP contribution >= 0.6 is 23.2 Å². The summed E-state index contributed by atoms with van der Waals surface area (Å²) >= 11 is 12.1. The standard InChI is InChI=1S/C23H16Cl2N2O3/c1-13-4-2-3-5-18(13)27-20(14-8-10-26-11-9-14)19(22(29)23(27)30)21(28)15-6-7-16(24)17(25)12-15/h2-12,20,28H,1H3/b21-19-. The number of carbonyl (C=O) groups excluding carboxylic acids is 2. The number of Topliss-reactive ketones (excluding diaryl/α,β-unsaturated/α-hetero) is 1. The van der Waals surface area contributed by atoms with Crippen LogP contribution in [0.1, 0.15) is 22.7 Å². The highest BCUT2D eigenvalue weighted by atomic mass is 35.5. The Bertz CT molecular complexity index is 1190. The molecule has 1 amide bonds. The predicted molar refractivity (Wildman–Crippen MR) is 117 cm³/mol. The SMILES string of the molecule is Cc1ccccc1N1C(=O)C(=O)/C(=C(\O)c2ccc(Cl)c(Cl)c2)C1c1ccncc1. The van der Waals surface area contributed by atoms with Gasteiger partial charge in [0.1, 0.15) is 5.76 Å². The molecule has 0 radical (unpaired) electrons. The summed E-state index contributed by atoms with van der Waals surface area (Å²) in [5.74, 6) is -1.80. The van der Waals surface area contributed by atoms with Crippen LogP contribution in [0.3, 0.4) is 0 Å². The molecule has 4 rings (SSSR count). The van der Waals surface area contributed by atoms with Crippen molar-refractivity contribution in [3.63, 3.8) is 0 Å². The van der Waals surface area contributed by atoms with Crippen molar-refractivity contribution in [3.05, 3.63) is 99.3 Å². The van der Waals surface area contributed by atoms with Crippen LogP contribution in [-0.2, 0) is 9.59 Å². The van der Waals surface area contributed by atoms with Gasteiger partial charge in [-0.3, -0.25) is 19.5 Å². The first-order valence-corrected chi connectivity index (χ1v) is 9.87. The third-order valence-electron chi connectivity index (χ3n) is 5.03. The monoisotopic (exact) mass is 438 g/mol. The molecule has 1 N–H and O–H groups in total. The van der Waals surface area contributed by atoms with Gasteiger partial charge in [0.15, 0.2) is 0 Å². The van der Waals surface area contributed by atoms with Crippen molar-refractivity contribution < 1.29 is 14.7 Å². The second-order valence-electron chi connectivity index (χ2n) is 6.87. The lowest BCUT2D eigenvalue weighted by Gasteiger charge is -2.26. The van der Waals surface area contributed by atoms with Crippen LogP contribution in [0.2, 0.25) is 10.0 Å². The minimum absolute atomic E-state index is 0.0205. The second kappa shape index (κ2) is 7.94. The van der Waals surface area contributed by atoms with E-state index in [1.54, 1.807) is 42.7 Å². The van der Waals surface area contributed by atoms with E-state index in [-0.39, 0.29) is 16.4 Å². The van der Waals surface area contributed by atoms with Gasteiger partial charge in [-0.2, -0.15) is 0 Å². The first kappa shape index (κ1) is 20.1. The quantitative estimate of drug-likeness (QED) is 0.341. The van der Waals surface area contributed by atoms with Crippen molar-refractivity contribution in [2.45, 2.75) is 13.0 Å². The highest BCUT2D eigenvalue weighted by Gasteiger charge is 2.47. The Morgan fingerprint density at radius 1 is 1.00 bits per heavy atom. The average molecular weight is 439 g/mol. The number of hydrogen-bond donors (Lipinski definition) is 1. The second-order valence-corrected chi connectivity index (χ2v) is 7.68. The minimum Gasteiger partial charge on any atom is -0.507 e. The Labute approximate surface area is 183 Å². The molecule has 0 bridgehead atoms. The molecule has 0 spiro atoms. The third kappa shape index (κ3) is 3.36. The lowest BCUT2D eigenvalue weighted by molar-refractivity contribution is -0.132. The van der Waals surface area contributed by atoms with E-state index in [0.29, 0.717) is 21.8 Å². The van der Waals surface area contributed by atoms with Crippen molar-refractivity contribution in [2.24, 2.45) is 0 Å². The zero-order valence-electron chi connectivity index (χ0n) is 15.8. The molecule has 5 nitrogen and oxygen atoms in total. The van der Waals surface area contributed by atoms with Crippen molar-refractivity contribution in [1.29, 1.82) is 0 Å². The fraction of sp³-hybridized carbons (Fsp3) is 0.0870. The van der Waals surface area contributed by atoms with Crippen LogP contribution in [0.15, 0.2) is 72.6 Å². The number of benzene rings is 2. The van der Waals surface area contributed by atoms with Gasteiger partial charge in [-0.05, 0) is 54.4 Å². The van der Waals surface area contributed by atoms with Gasteiger partial charge in [0.25, 0.3) is 11.7 Å². The number of nitrogens with zero attached hydrogens (tertiary/aromatic N) is 2. The third-order valence-corrected chi connectivity index (χ3v) is 5.77. The normalized spacial score (nSPS) is 18.1. The lowest BCUT2D eigenvalue weighted by Crippen LogP contribution is -2.30. The largest absolute Gasteiger partial charge is 0.507 e. The molecule has 0 aliphatic carbocycles. The molecule has 3 aromatic rings. The molecule has 1 aliphatic rings. The number of carbonyl (C=O) groups is 2. The lowest BCUT2D eigenvalue weighted by atomic mass is 9.95. The number of hydrogen-bond acceptors (Lipinski definition) is 4. The van der Waals surface area contributed by atoms with E-state index in [2.05, 4.69) is 4.98 Å². The number of aliphatic hydroxyl groups excluding tert-OH is 1. The van der Waals surface area contributed by atoms with Crippen molar-refractivity contribution >= 4 is 46.3 Å². The van der Waals surface area contributed by atoms with E-state index in [0.717, 1.165) is 5.56 Å². The van der Waals surface area contributed by atoms with Crippen molar-refractivity contribution in [2.75, 3.05) is 4.90 Å². The molecule has 2 aromatic carbocycles. The molecule has 1 aliphatic heterocycles. The van der Waals surface area contributed by atoms with Crippen LogP contribution in [-0.4, -0.2) is 21.8 Å². The van der Waals surface area contributed by atoms with E-state index >= 15 is 0 Å². The molecular formula is C23H16Cl2N2O3. The van der Waals surface area contributed by atoms with Gasteiger partial charge in [-0.25, -0.2) is 0 Å². The Kier molecular flexibility index (Phi) is 5.33. The number of halogens is 2. The molecule has 150 valence electrons. The summed E-state index contributed by atoms with van der Waals surface area (Å²) < 4.78 is 0. The number of aryl methyl sites for hydroxylation is 1. The Morgan fingerprint density at radius 3 is 2.37 bits per heavy atom. The Hall–Kier alpha value is -3.15. The van der Waals surface area contributed by atoms with Gasteiger partial charge in [0.2, 0.25) is 0 Å². The van der Waals surface area contributed by atoms with E-state index in [9.17, 15) is 14.7 Å². The number of rotatable bonds is 3. The topological polar surface area (TPSA) is 70.5 Å². The minimum atomic E-state index is -0.816. The highest BCUT2D eigenvalue weighted by Crippen LogP contribution is 2.43. The van der Waals surface area contributed by atoms with Crippen molar-refractivity contribution in [3.8, 4) is 0 Å². The number of aliphatic hydroxyl groups is 1. The van der Waals surface area contributed by atoms with Crippen LogP contribution in [0.5, 0.6) is 0 Å². The van der Waals surface area contributed by atoms with E-state index in [1.807, 2.05) is 19.1 Å². The summed E-state index contributed by atoms with van der Waals surface area (Å²) in [6, 6.07) is 14.4. The first-order valence-electron chi connectivity index (χ1n) is 9.12. The van der Waals surface area contributed by atoms with Gasteiger partial charge in [-0.1, -0.05) is 41.4 Å². The van der Waals surface area contributed by atoms with Crippen LogP contribution in [0.25, 0.3) is 5.76 Å². The molecule has 1 aromatic heterocycles. The number of aromatic nitrogens is 1. The summed E-state index contributed by atoms with van der Waals surface area (Å²) in [5, 5.41) is 11.6. The van der Waals surface area contributed by atoms with Crippen molar-refractivity contribution in [1.82, 2.24) is 4.98 Å². The highest BCUT2D eigenvalue weighted by molar-refractivity contribution is 6.52. The van der Waals surface area contributed by atoms with Gasteiger partial charge >= 0.3 is 0 Å². The first-order chi connectivity index (χ1) is 14.4. The van der Waals surface area contributed by atoms with Crippen LogP contribution < -0.4 is 4.90 Å². The summed E-state index contributed by atoms with van der Waals surface area (Å²) in [4.78, 5) is 31.6. The number of para-hydroxylation sites is 1. The van der Waals surface area contributed by atoms with Gasteiger partial charge < -0.3 is 5.11 Å². The Balaban J connectivity index is 1.97. The summed E-state index contributed by atoms with van der Waals surface area (Å²) in [6.07, 6.45) is 3.15. The molecule has 30 heavy (non-hydrogen) atoms. The summed E-state index contributed by atoms with van der Waals surface area (Å²) in [7, 11) is 0. The van der Waals surface area contributed by atoms with E-state index < -0.39 is 17.7 Å². The molecule has 1 saturated heterocycles. The fourth-order valence-electron chi connectivity index (χ4n) is 3.57. The fourth-order valence-corrected chi connectivity index (χ4v) is 3.87. The smallest absolute Gasteiger partial charge is 0.300 e. The number of pyridine rings is 1. The van der Waals surface area contributed by atoms with Gasteiger partial charge in [0, 0.05) is 23.6 Å². The van der Waals surface area contributed by atoms with Crippen LogP contribution in [0.4, 0.5) is 5.69 Å². The maximum atomic E-state index is 13.1. The zero-order chi connectivity index (χ0) is 21.4. The van der Waals surface area contributed by atoms with Crippen LogP contribution in [0, 0.1) is 6.92 Å².